The second-order valence-corrected chi connectivity index (χ2v) is 4.32. The maximum atomic E-state index is 11.2. The summed E-state index contributed by atoms with van der Waals surface area (Å²) in [5, 5.41) is 3.40. The van der Waals surface area contributed by atoms with E-state index in [-0.39, 0.29) is 5.91 Å². The van der Waals surface area contributed by atoms with Gasteiger partial charge in [0.05, 0.1) is 6.61 Å². The number of carbonyl (C=O) groups is 1. The van der Waals surface area contributed by atoms with E-state index in [9.17, 15) is 4.79 Å². The van der Waals surface area contributed by atoms with E-state index >= 15 is 0 Å². The highest BCUT2D eigenvalue weighted by atomic mass is 16.5. The van der Waals surface area contributed by atoms with Gasteiger partial charge in [-0.2, -0.15) is 0 Å². The van der Waals surface area contributed by atoms with Crippen molar-refractivity contribution in [2.75, 3.05) is 13.2 Å². The standard InChI is InChI=1S/C13H18N2O2/c14-13(16)12-6-2-1-4-10(12)8-15-11-5-3-7-17-9-11/h1-2,4,6,11,15H,3,5,7-9H2,(H2,14,16). The van der Waals surface area contributed by atoms with Crippen LogP contribution >= 0.6 is 0 Å². The number of nitrogens with two attached hydrogens (primary N) is 1. The van der Waals surface area contributed by atoms with Crippen molar-refractivity contribution >= 4 is 5.91 Å². The van der Waals surface area contributed by atoms with E-state index in [0.29, 0.717) is 18.2 Å². The molecule has 0 aliphatic carbocycles. The van der Waals surface area contributed by atoms with Crippen LogP contribution in [0, 0.1) is 0 Å². The SMILES string of the molecule is NC(=O)c1ccccc1CNC1CCCOC1. The average Bonchev–Trinajstić information content (AvgIpc) is 2.38. The molecule has 1 aliphatic heterocycles. The Bertz CT molecular complexity index is 387. The van der Waals surface area contributed by atoms with Gasteiger partial charge in [-0.1, -0.05) is 18.2 Å². The van der Waals surface area contributed by atoms with Crippen LogP contribution in [0.15, 0.2) is 24.3 Å². The van der Waals surface area contributed by atoms with Crippen molar-refractivity contribution < 1.29 is 9.53 Å². The number of ether oxygens (including phenoxy) is 1. The Morgan fingerprint density at radius 2 is 2.29 bits per heavy atom. The normalized spacial score (nSPS) is 20.1. The molecule has 1 atom stereocenters. The predicted octanol–water partition coefficient (Wildman–Crippen LogP) is 1.05. The summed E-state index contributed by atoms with van der Waals surface area (Å²) in [6.07, 6.45) is 2.22. The first kappa shape index (κ1) is 12.1. The van der Waals surface area contributed by atoms with Gasteiger partial charge in [0.1, 0.15) is 0 Å². The first-order valence-corrected chi connectivity index (χ1v) is 5.96. The molecular weight excluding hydrogens is 216 g/mol. The Hall–Kier alpha value is -1.39. The molecule has 0 bridgehead atoms. The number of carbonyl (C=O) groups excluding carboxylic acids is 1. The van der Waals surface area contributed by atoms with Crippen LogP contribution in [0.2, 0.25) is 0 Å². The summed E-state index contributed by atoms with van der Waals surface area (Å²) in [6, 6.07) is 7.81. The third-order valence-electron chi connectivity index (χ3n) is 3.02. The third kappa shape index (κ3) is 3.28. The van der Waals surface area contributed by atoms with Gasteiger partial charge in [0.15, 0.2) is 0 Å². The van der Waals surface area contributed by atoms with Crippen LogP contribution in [0.4, 0.5) is 0 Å². The van der Waals surface area contributed by atoms with Crippen LogP contribution < -0.4 is 11.1 Å². The number of rotatable bonds is 4. The lowest BCUT2D eigenvalue weighted by Crippen LogP contribution is -2.36. The number of benzene rings is 1. The van der Waals surface area contributed by atoms with Crippen LogP contribution in [-0.2, 0) is 11.3 Å². The molecule has 3 N–H and O–H groups in total. The second-order valence-electron chi connectivity index (χ2n) is 4.32. The largest absolute Gasteiger partial charge is 0.380 e. The fourth-order valence-corrected chi connectivity index (χ4v) is 2.07. The summed E-state index contributed by atoms with van der Waals surface area (Å²) in [5.74, 6) is -0.373. The van der Waals surface area contributed by atoms with Crippen molar-refractivity contribution in [3.8, 4) is 0 Å². The fraction of sp³-hybridized carbons (Fsp3) is 0.462. The minimum absolute atomic E-state index is 0.373. The van der Waals surface area contributed by atoms with Crippen LogP contribution in [-0.4, -0.2) is 25.2 Å². The molecule has 1 heterocycles. The molecule has 1 aliphatic rings. The molecule has 1 amide bonds. The first-order valence-electron chi connectivity index (χ1n) is 5.96. The average molecular weight is 234 g/mol. The first-order chi connectivity index (χ1) is 8.27. The number of nitrogens with one attached hydrogen (secondary N) is 1. The van der Waals surface area contributed by atoms with E-state index in [0.717, 1.165) is 31.6 Å². The number of hydrogen-bond donors (Lipinski definition) is 2. The van der Waals surface area contributed by atoms with Crippen molar-refractivity contribution in [2.45, 2.75) is 25.4 Å². The van der Waals surface area contributed by atoms with Crippen LogP contribution in [0.1, 0.15) is 28.8 Å². The maximum Gasteiger partial charge on any atom is 0.249 e. The van der Waals surface area contributed by atoms with Gasteiger partial charge in [-0.05, 0) is 24.5 Å². The summed E-state index contributed by atoms with van der Waals surface area (Å²) < 4.78 is 5.39. The zero-order chi connectivity index (χ0) is 12.1. The number of primary amides is 1. The lowest BCUT2D eigenvalue weighted by molar-refractivity contribution is 0.0699. The van der Waals surface area contributed by atoms with Gasteiger partial charge in [-0.15, -0.1) is 0 Å². The molecule has 1 aromatic rings. The van der Waals surface area contributed by atoms with Crippen molar-refractivity contribution in [2.24, 2.45) is 5.73 Å². The van der Waals surface area contributed by atoms with Crippen LogP contribution in [0.3, 0.4) is 0 Å². The number of hydrogen-bond acceptors (Lipinski definition) is 3. The molecule has 17 heavy (non-hydrogen) atoms. The van der Waals surface area contributed by atoms with Gasteiger partial charge in [-0.25, -0.2) is 0 Å². The predicted molar refractivity (Wildman–Crippen MR) is 65.6 cm³/mol. The van der Waals surface area contributed by atoms with Gasteiger partial charge in [0.25, 0.3) is 0 Å². The van der Waals surface area contributed by atoms with E-state index < -0.39 is 0 Å². The molecule has 2 rings (SSSR count). The lowest BCUT2D eigenvalue weighted by Gasteiger charge is -2.23. The van der Waals surface area contributed by atoms with E-state index in [2.05, 4.69) is 5.32 Å². The Labute approximate surface area is 101 Å². The molecule has 92 valence electrons. The highest BCUT2D eigenvalue weighted by Gasteiger charge is 2.14. The monoisotopic (exact) mass is 234 g/mol. The lowest BCUT2D eigenvalue weighted by atomic mass is 10.1. The Morgan fingerprint density at radius 1 is 1.47 bits per heavy atom. The quantitative estimate of drug-likeness (QED) is 0.818. The Morgan fingerprint density at radius 3 is 3.00 bits per heavy atom. The molecule has 1 unspecified atom stereocenters. The smallest absolute Gasteiger partial charge is 0.249 e. The third-order valence-corrected chi connectivity index (χ3v) is 3.02. The summed E-state index contributed by atoms with van der Waals surface area (Å²) in [4.78, 5) is 11.2. The molecule has 4 heteroatoms. The molecule has 1 fully saturated rings. The molecular formula is C13H18N2O2. The highest BCUT2D eigenvalue weighted by molar-refractivity contribution is 5.94. The second kappa shape index (κ2) is 5.80. The van der Waals surface area contributed by atoms with Gasteiger partial charge in [0, 0.05) is 24.8 Å². The summed E-state index contributed by atoms with van der Waals surface area (Å²) >= 11 is 0. The topological polar surface area (TPSA) is 64.4 Å². The minimum Gasteiger partial charge on any atom is -0.380 e. The minimum atomic E-state index is -0.373. The zero-order valence-electron chi connectivity index (χ0n) is 9.82. The summed E-state index contributed by atoms with van der Waals surface area (Å²) in [5.41, 5.74) is 6.88. The molecule has 0 spiro atoms. The maximum absolute atomic E-state index is 11.2. The highest BCUT2D eigenvalue weighted by Crippen LogP contribution is 2.10. The molecule has 1 saturated heterocycles. The molecule has 0 aromatic heterocycles. The zero-order valence-corrected chi connectivity index (χ0v) is 9.82. The molecule has 4 nitrogen and oxygen atoms in total. The summed E-state index contributed by atoms with van der Waals surface area (Å²) in [6.45, 7) is 2.27. The molecule has 1 aromatic carbocycles. The van der Waals surface area contributed by atoms with Crippen molar-refractivity contribution in [3.05, 3.63) is 35.4 Å². The van der Waals surface area contributed by atoms with E-state index in [1.54, 1.807) is 6.07 Å². The van der Waals surface area contributed by atoms with Gasteiger partial charge < -0.3 is 15.8 Å². The van der Waals surface area contributed by atoms with Crippen LogP contribution in [0.25, 0.3) is 0 Å². The van der Waals surface area contributed by atoms with Gasteiger partial charge in [0.2, 0.25) is 5.91 Å². The Balaban J connectivity index is 1.96. The van der Waals surface area contributed by atoms with Crippen LogP contribution in [0.5, 0.6) is 0 Å². The van der Waals surface area contributed by atoms with Gasteiger partial charge >= 0.3 is 0 Å². The number of amides is 1. The summed E-state index contributed by atoms with van der Waals surface area (Å²) in [7, 11) is 0. The fourth-order valence-electron chi connectivity index (χ4n) is 2.07. The van der Waals surface area contributed by atoms with Crippen molar-refractivity contribution in [1.82, 2.24) is 5.32 Å². The van der Waals surface area contributed by atoms with Gasteiger partial charge in [-0.3, -0.25) is 4.79 Å². The van der Waals surface area contributed by atoms with Crippen molar-refractivity contribution in [1.29, 1.82) is 0 Å². The Kier molecular flexibility index (Phi) is 4.12. The van der Waals surface area contributed by atoms with E-state index in [1.165, 1.54) is 0 Å². The molecule has 0 radical (unpaired) electrons. The van der Waals surface area contributed by atoms with E-state index in [1.807, 2.05) is 18.2 Å². The van der Waals surface area contributed by atoms with E-state index in [4.69, 9.17) is 10.5 Å². The van der Waals surface area contributed by atoms with Crippen molar-refractivity contribution in [3.63, 3.8) is 0 Å². The molecule has 0 saturated carbocycles.